The van der Waals surface area contributed by atoms with Gasteiger partial charge in [-0.15, -0.1) is 13.2 Å². The van der Waals surface area contributed by atoms with Gasteiger partial charge in [0.1, 0.15) is 0 Å². The number of rotatable bonds is 4. The quantitative estimate of drug-likeness (QED) is 0.472. The molecule has 0 aliphatic carbocycles. The minimum atomic E-state index is 0.993. The fourth-order valence-electron chi connectivity index (χ4n) is 0.893. The normalized spacial score (nSPS) is 10.4. The lowest BCUT2D eigenvalue weighted by atomic mass is 10.2. The summed E-state index contributed by atoms with van der Waals surface area (Å²) in [7, 11) is 2.05. The summed E-state index contributed by atoms with van der Waals surface area (Å²) < 4.78 is 0. The Morgan fingerprint density at radius 2 is 1.69 bits per heavy atom. The standard InChI is InChI=1S/C10H17N.C2H4/c1-6-9(4)10(7-2)11(5)8-3;1-2/h6-7H,1-2,8H2,3-5H3;1-2H2/b10-9-;. The third-order valence-electron chi connectivity index (χ3n) is 1.79. The third kappa shape index (κ3) is 5.07. The van der Waals surface area contributed by atoms with Crippen molar-refractivity contribution >= 4 is 0 Å². The molecule has 0 aromatic rings. The maximum atomic E-state index is 3.75. The van der Waals surface area contributed by atoms with E-state index >= 15 is 0 Å². The molecule has 0 atom stereocenters. The molecule has 74 valence electrons. The molecule has 0 N–H and O–H groups in total. The van der Waals surface area contributed by atoms with Crippen molar-refractivity contribution in [3.05, 3.63) is 49.7 Å². The molecule has 0 spiro atoms. The largest absolute Gasteiger partial charge is 0.375 e. The fraction of sp³-hybridized carbons (Fsp3) is 0.333. The van der Waals surface area contributed by atoms with Crippen LogP contribution >= 0.6 is 0 Å². The molecular weight excluding hydrogens is 158 g/mol. The van der Waals surface area contributed by atoms with E-state index in [0.717, 1.165) is 12.2 Å². The van der Waals surface area contributed by atoms with E-state index in [1.54, 1.807) is 0 Å². The molecule has 0 heterocycles. The molecule has 0 aliphatic heterocycles. The van der Waals surface area contributed by atoms with Crippen LogP contribution in [0.1, 0.15) is 13.8 Å². The van der Waals surface area contributed by atoms with Crippen LogP contribution in [0.3, 0.4) is 0 Å². The molecule has 0 rings (SSSR count). The second-order valence-electron chi connectivity index (χ2n) is 2.49. The van der Waals surface area contributed by atoms with Crippen molar-refractivity contribution in [1.29, 1.82) is 0 Å². The molecule has 1 heteroatoms. The summed E-state index contributed by atoms with van der Waals surface area (Å²) in [6.45, 7) is 18.6. The monoisotopic (exact) mass is 179 g/mol. The number of likely N-dealkylation sites (N-methyl/N-ethyl adjacent to an activating group) is 1. The zero-order chi connectivity index (χ0) is 10.9. The Bertz CT molecular complexity index is 189. The molecule has 0 saturated heterocycles. The molecule has 0 amide bonds. The van der Waals surface area contributed by atoms with Gasteiger partial charge in [0, 0.05) is 19.3 Å². The third-order valence-corrected chi connectivity index (χ3v) is 1.79. The second-order valence-corrected chi connectivity index (χ2v) is 2.49. The predicted molar refractivity (Wildman–Crippen MR) is 62.7 cm³/mol. The molecule has 0 radical (unpaired) electrons. The molecule has 0 bridgehead atoms. The first-order valence-corrected chi connectivity index (χ1v) is 4.34. The Kier molecular flexibility index (Phi) is 9.73. The van der Waals surface area contributed by atoms with Gasteiger partial charge >= 0.3 is 0 Å². The highest BCUT2D eigenvalue weighted by molar-refractivity contribution is 5.28. The van der Waals surface area contributed by atoms with Gasteiger partial charge in [0.15, 0.2) is 0 Å². The van der Waals surface area contributed by atoms with Gasteiger partial charge in [0.25, 0.3) is 0 Å². The average molecular weight is 179 g/mol. The van der Waals surface area contributed by atoms with Gasteiger partial charge < -0.3 is 4.90 Å². The van der Waals surface area contributed by atoms with Gasteiger partial charge in [-0.3, -0.25) is 0 Å². The molecule has 0 aromatic carbocycles. The summed E-state index contributed by atoms with van der Waals surface area (Å²) in [5.41, 5.74) is 2.33. The van der Waals surface area contributed by atoms with Crippen LogP contribution in [0.4, 0.5) is 0 Å². The van der Waals surface area contributed by atoms with Crippen molar-refractivity contribution in [3.63, 3.8) is 0 Å². The minimum Gasteiger partial charge on any atom is -0.375 e. The molecule has 0 fully saturated rings. The highest BCUT2D eigenvalue weighted by Gasteiger charge is 1.98. The van der Waals surface area contributed by atoms with Crippen LogP contribution in [0, 0.1) is 0 Å². The minimum absolute atomic E-state index is 0.993. The van der Waals surface area contributed by atoms with Crippen LogP contribution in [0.25, 0.3) is 0 Å². The summed E-state index contributed by atoms with van der Waals surface area (Å²) in [6, 6.07) is 0. The van der Waals surface area contributed by atoms with E-state index in [-0.39, 0.29) is 0 Å². The van der Waals surface area contributed by atoms with Gasteiger partial charge in [-0.25, -0.2) is 0 Å². The smallest absolute Gasteiger partial charge is 0.0387 e. The Hall–Kier alpha value is -1.24. The summed E-state index contributed by atoms with van der Waals surface area (Å²) in [4.78, 5) is 2.14. The summed E-state index contributed by atoms with van der Waals surface area (Å²) in [6.07, 6.45) is 3.71. The van der Waals surface area contributed by atoms with Crippen molar-refractivity contribution in [3.8, 4) is 0 Å². The molecule has 0 aliphatic rings. The van der Waals surface area contributed by atoms with Crippen molar-refractivity contribution in [2.24, 2.45) is 0 Å². The van der Waals surface area contributed by atoms with E-state index in [9.17, 15) is 0 Å². The lowest BCUT2D eigenvalue weighted by Crippen LogP contribution is -2.16. The van der Waals surface area contributed by atoms with Crippen molar-refractivity contribution in [1.82, 2.24) is 4.90 Å². The number of nitrogens with zero attached hydrogens (tertiary/aromatic N) is 1. The van der Waals surface area contributed by atoms with Crippen molar-refractivity contribution in [2.75, 3.05) is 13.6 Å². The molecule has 0 unspecified atom stereocenters. The first kappa shape index (κ1) is 14.3. The maximum absolute atomic E-state index is 3.75. The van der Waals surface area contributed by atoms with Gasteiger partial charge in [-0.2, -0.15) is 0 Å². The Morgan fingerprint density at radius 1 is 1.23 bits per heavy atom. The van der Waals surface area contributed by atoms with E-state index in [1.807, 2.05) is 26.1 Å². The summed E-state index contributed by atoms with van der Waals surface area (Å²) in [5, 5.41) is 0. The highest BCUT2D eigenvalue weighted by Crippen LogP contribution is 2.09. The zero-order valence-electron chi connectivity index (χ0n) is 9.14. The number of hydrogen-bond acceptors (Lipinski definition) is 1. The lowest BCUT2D eigenvalue weighted by Gasteiger charge is -2.19. The predicted octanol–water partition coefficient (Wildman–Crippen LogP) is 3.39. The van der Waals surface area contributed by atoms with Crippen LogP contribution in [0.15, 0.2) is 49.7 Å². The van der Waals surface area contributed by atoms with Crippen molar-refractivity contribution < 1.29 is 0 Å². The molecule has 13 heavy (non-hydrogen) atoms. The first-order valence-electron chi connectivity index (χ1n) is 4.34. The van der Waals surface area contributed by atoms with E-state index < -0.39 is 0 Å². The Morgan fingerprint density at radius 3 is 1.92 bits per heavy atom. The van der Waals surface area contributed by atoms with Crippen molar-refractivity contribution in [2.45, 2.75) is 13.8 Å². The van der Waals surface area contributed by atoms with E-state index in [1.165, 1.54) is 5.57 Å². The zero-order valence-corrected chi connectivity index (χ0v) is 9.14. The molecule has 1 nitrogen and oxygen atoms in total. The van der Waals surface area contributed by atoms with Gasteiger partial charge in [0.2, 0.25) is 0 Å². The van der Waals surface area contributed by atoms with E-state index in [4.69, 9.17) is 0 Å². The van der Waals surface area contributed by atoms with Crippen LogP contribution < -0.4 is 0 Å². The topological polar surface area (TPSA) is 3.24 Å². The SMILES string of the molecule is C=C.C=C/C(C)=C(/C=C)N(C)CC. The van der Waals surface area contributed by atoms with Gasteiger partial charge in [0.05, 0.1) is 0 Å². The van der Waals surface area contributed by atoms with Gasteiger partial charge in [-0.1, -0.05) is 19.2 Å². The average Bonchev–Trinajstić information content (AvgIpc) is 2.21. The van der Waals surface area contributed by atoms with E-state index in [0.29, 0.717) is 0 Å². The van der Waals surface area contributed by atoms with Crippen LogP contribution in [0.2, 0.25) is 0 Å². The number of allylic oxidation sites excluding steroid dienone is 3. The molecule has 0 aromatic heterocycles. The molecular formula is C12H21N. The van der Waals surface area contributed by atoms with Crippen LogP contribution in [-0.2, 0) is 0 Å². The summed E-state index contributed by atoms with van der Waals surface area (Å²) in [5.74, 6) is 0. The lowest BCUT2D eigenvalue weighted by molar-refractivity contribution is 0.453. The van der Waals surface area contributed by atoms with Gasteiger partial charge in [-0.05, 0) is 25.5 Å². The highest BCUT2D eigenvalue weighted by atomic mass is 15.1. The maximum Gasteiger partial charge on any atom is 0.0387 e. The number of hydrogen-bond donors (Lipinski definition) is 0. The second kappa shape index (κ2) is 8.85. The van der Waals surface area contributed by atoms with E-state index in [2.05, 4.69) is 38.1 Å². The Balaban J connectivity index is 0. The first-order chi connectivity index (χ1) is 6.17. The summed E-state index contributed by atoms with van der Waals surface area (Å²) >= 11 is 0. The Labute approximate surface area is 82.8 Å². The van der Waals surface area contributed by atoms with Crippen LogP contribution in [-0.4, -0.2) is 18.5 Å². The van der Waals surface area contributed by atoms with Crippen LogP contribution in [0.5, 0.6) is 0 Å². The molecule has 0 saturated carbocycles. The fourth-order valence-corrected chi connectivity index (χ4v) is 0.893.